The number of benzene rings is 2. The fraction of sp³-hybridized carbons (Fsp3) is 0.278. The Morgan fingerprint density at radius 2 is 1.74 bits per heavy atom. The summed E-state index contributed by atoms with van der Waals surface area (Å²) in [6.07, 6.45) is 0. The number of carbonyl (C=O) groups excluding carboxylic acids is 1. The number of anilines is 1. The van der Waals surface area contributed by atoms with Crippen molar-refractivity contribution in [2.24, 2.45) is 5.73 Å². The Hall–Kier alpha value is -2.37. The Balaban J connectivity index is 2.00. The van der Waals surface area contributed by atoms with Gasteiger partial charge in [-0.25, -0.2) is 0 Å². The normalized spacial score (nSPS) is 13.2. The van der Waals surface area contributed by atoms with Gasteiger partial charge in [0, 0.05) is 12.8 Å². The number of rotatable bonds is 7. The predicted molar refractivity (Wildman–Crippen MR) is 90.4 cm³/mol. The highest BCUT2D eigenvalue weighted by Gasteiger charge is 2.30. The van der Waals surface area contributed by atoms with Crippen molar-refractivity contribution in [3.63, 3.8) is 0 Å². The van der Waals surface area contributed by atoms with Gasteiger partial charge in [-0.3, -0.25) is 4.79 Å². The van der Waals surface area contributed by atoms with Crippen LogP contribution in [0.5, 0.6) is 5.75 Å². The summed E-state index contributed by atoms with van der Waals surface area (Å²) >= 11 is 0. The number of hydrogen-bond acceptors (Lipinski definition) is 4. The highest BCUT2D eigenvalue weighted by atomic mass is 16.5. The van der Waals surface area contributed by atoms with E-state index in [0.29, 0.717) is 18.9 Å². The van der Waals surface area contributed by atoms with Crippen molar-refractivity contribution in [1.29, 1.82) is 0 Å². The molecule has 1 amide bonds. The zero-order valence-electron chi connectivity index (χ0n) is 13.4. The summed E-state index contributed by atoms with van der Waals surface area (Å²) in [6.45, 7) is 2.71. The van der Waals surface area contributed by atoms with Crippen LogP contribution in [0.15, 0.2) is 54.6 Å². The van der Waals surface area contributed by atoms with E-state index in [0.717, 1.165) is 11.3 Å². The highest BCUT2D eigenvalue weighted by molar-refractivity contribution is 5.98. The number of amides is 1. The van der Waals surface area contributed by atoms with Gasteiger partial charge in [-0.1, -0.05) is 30.3 Å². The quantitative estimate of drug-likeness (QED) is 0.770. The lowest BCUT2D eigenvalue weighted by atomic mass is 9.92. The van der Waals surface area contributed by atoms with Crippen molar-refractivity contribution in [2.75, 3.05) is 25.6 Å². The van der Waals surface area contributed by atoms with E-state index in [4.69, 9.17) is 15.2 Å². The molecule has 122 valence electrons. The van der Waals surface area contributed by atoms with Crippen LogP contribution in [-0.4, -0.2) is 26.2 Å². The average molecular weight is 314 g/mol. The molecule has 2 aromatic rings. The van der Waals surface area contributed by atoms with Gasteiger partial charge in [0.2, 0.25) is 5.91 Å². The summed E-state index contributed by atoms with van der Waals surface area (Å²) in [7, 11) is 1.62. The summed E-state index contributed by atoms with van der Waals surface area (Å²) < 4.78 is 10.4. The van der Waals surface area contributed by atoms with Crippen molar-refractivity contribution >= 4 is 11.6 Å². The van der Waals surface area contributed by atoms with Gasteiger partial charge in [0.1, 0.15) is 17.9 Å². The van der Waals surface area contributed by atoms with E-state index in [1.54, 1.807) is 38.3 Å². The first kappa shape index (κ1) is 17.0. The highest BCUT2D eigenvalue weighted by Crippen LogP contribution is 2.21. The molecule has 0 aliphatic rings. The Morgan fingerprint density at radius 1 is 1.09 bits per heavy atom. The largest absolute Gasteiger partial charge is 0.491 e. The molecule has 0 saturated carbocycles. The molecule has 5 heteroatoms. The third-order valence-electron chi connectivity index (χ3n) is 3.51. The topological polar surface area (TPSA) is 73.6 Å². The number of hydrogen-bond donors (Lipinski definition) is 2. The molecular formula is C18H22N2O3. The summed E-state index contributed by atoms with van der Waals surface area (Å²) in [5.74, 6) is 0.454. The van der Waals surface area contributed by atoms with Crippen LogP contribution in [-0.2, 0) is 15.1 Å². The van der Waals surface area contributed by atoms with E-state index < -0.39 is 5.54 Å². The van der Waals surface area contributed by atoms with Gasteiger partial charge < -0.3 is 20.5 Å². The van der Waals surface area contributed by atoms with Crippen LogP contribution in [0.4, 0.5) is 5.69 Å². The molecule has 0 fully saturated rings. The van der Waals surface area contributed by atoms with Crippen molar-refractivity contribution in [1.82, 2.24) is 0 Å². The molecule has 2 rings (SSSR count). The minimum absolute atomic E-state index is 0.267. The maximum Gasteiger partial charge on any atom is 0.248 e. The Morgan fingerprint density at radius 3 is 2.35 bits per heavy atom. The summed E-state index contributed by atoms with van der Waals surface area (Å²) in [4.78, 5) is 12.4. The second-order valence-electron chi connectivity index (χ2n) is 5.39. The molecule has 0 saturated heterocycles. The molecule has 1 unspecified atom stereocenters. The zero-order valence-corrected chi connectivity index (χ0v) is 13.4. The van der Waals surface area contributed by atoms with Gasteiger partial charge in [-0.05, 0) is 36.8 Å². The summed E-state index contributed by atoms with van der Waals surface area (Å²) in [6, 6.07) is 16.4. The molecule has 0 spiro atoms. The standard InChI is InChI=1S/C18H22N2O3/c1-18(19,14-6-4-3-5-7-14)17(21)20-15-8-10-16(11-9-15)23-13-12-22-2/h3-11H,12-13,19H2,1-2H3,(H,20,21). The fourth-order valence-corrected chi connectivity index (χ4v) is 2.05. The first-order chi connectivity index (χ1) is 11.0. The molecule has 0 aromatic heterocycles. The molecule has 0 aliphatic heterocycles. The van der Waals surface area contributed by atoms with Crippen LogP contribution < -0.4 is 15.8 Å². The van der Waals surface area contributed by atoms with Gasteiger partial charge in [0.25, 0.3) is 0 Å². The SMILES string of the molecule is COCCOc1ccc(NC(=O)C(C)(N)c2ccccc2)cc1. The molecule has 0 heterocycles. The maximum atomic E-state index is 12.4. The van der Waals surface area contributed by atoms with Crippen LogP contribution >= 0.6 is 0 Å². The lowest BCUT2D eigenvalue weighted by Crippen LogP contribution is -2.45. The number of methoxy groups -OCH3 is 1. The van der Waals surface area contributed by atoms with Crippen molar-refractivity contribution in [3.05, 3.63) is 60.2 Å². The molecular weight excluding hydrogens is 292 g/mol. The van der Waals surface area contributed by atoms with E-state index in [2.05, 4.69) is 5.32 Å². The van der Waals surface area contributed by atoms with Crippen LogP contribution in [0.3, 0.4) is 0 Å². The molecule has 23 heavy (non-hydrogen) atoms. The second-order valence-corrected chi connectivity index (χ2v) is 5.39. The van der Waals surface area contributed by atoms with Crippen molar-refractivity contribution in [3.8, 4) is 5.75 Å². The van der Waals surface area contributed by atoms with E-state index in [9.17, 15) is 4.79 Å². The first-order valence-electron chi connectivity index (χ1n) is 7.41. The van der Waals surface area contributed by atoms with Crippen LogP contribution in [0.2, 0.25) is 0 Å². The third-order valence-corrected chi connectivity index (χ3v) is 3.51. The lowest BCUT2D eigenvalue weighted by molar-refractivity contribution is -0.120. The fourth-order valence-electron chi connectivity index (χ4n) is 2.05. The van der Waals surface area contributed by atoms with Gasteiger partial charge >= 0.3 is 0 Å². The van der Waals surface area contributed by atoms with E-state index in [-0.39, 0.29) is 5.91 Å². The van der Waals surface area contributed by atoms with Crippen molar-refractivity contribution < 1.29 is 14.3 Å². The number of carbonyl (C=O) groups is 1. The number of nitrogens with two attached hydrogens (primary N) is 1. The van der Waals surface area contributed by atoms with Gasteiger partial charge in [-0.2, -0.15) is 0 Å². The maximum absolute atomic E-state index is 12.4. The predicted octanol–water partition coefficient (Wildman–Crippen LogP) is 2.52. The van der Waals surface area contributed by atoms with Crippen LogP contribution in [0, 0.1) is 0 Å². The van der Waals surface area contributed by atoms with Gasteiger partial charge in [0.05, 0.1) is 6.61 Å². The van der Waals surface area contributed by atoms with Crippen molar-refractivity contribution in [2.45, 2.75) is 12.5 Å². The molecule has 5 nitrogen and oxygen atoms in total. The molecule has 0 aliphatic carbocycles. The molecule has 1 atom stereocenters. The smallest absolute Gasteiger partial charge is 0.248 e. The minimum Gasteiger partial charge on any atom is -0.491 e. The third kappa shape index (κ3) is 4.55. The Bertz CT molecular complexity index is 624. The van der Waals surface area contributed by atoms with E-state index in [1.807, 2.05) is 30.3 Å². The average Bonchev–Trinajstić information content (AvgIpc) is 2.57. The van der Waals surface area contributed by atoms with Gasteiger partial charge in [-0.15, -0.1) is 0 Å². The monoisotopic (exact) mass is 314 g/mol. The first-order valence-corrected chi connectivity index (χ1v) is 7.41. The molecule has 0 bridgehead atoms. The molecule has 0 radical (unpaired) electrons. The Kier molecular flexibility index (Phi) is 5.73. The molecule has 3 N–H and O–H groups in total. The van der Waals surface area contributed by atoms with E-state index in [1.165, 1.54) is 0 Å². The summed E-state index contributed by atoms with van der Waals surface area (Å²) in [5.41, 5.74) is 6.52. The number of nitrogens with one attached hydrogen (secondary N) is 1. The Labute approximate surface area is 136 Å². The minimum atomic E-state index is -1.10. The van der Waals surface area contributed by atoms with Crippen LogP contribution in [0.1, 0.15) is 12.5 Å². The molecule has 2 aromatic carbocycles. The van der Waals surface area contributed by atoms with Gasteiger partial charge in [0.15, 0.2) is 0 Å². The van der Waals surface area contributed by atoms with Crippen LogP contribution in [0.25, 0.3) is 0 Å². The number of ether oxygens (including phenoxy) is 2. The zero-order chi connectivity index (χ0) is 16.7. The second kappa shape index (κ2) is 7.76. The summed E-state index contributed by atoms with van der Waals surface area (Å²) in [5, 5.41) is 2.83. The van der Waals surface area contributed by atoms with E-state index >= 15 is 0 Å². The lowest BCUT2D eigenvalue weighted by Gasteiger charge is -2.24.